The van der Waals surface area contributed by atoms with Crippen molar-refractivity contribution in [3.8, 4) is 11.6 Å². The molecule has 33 heavy (non-hydrogen) atoms. The fourth-order valence-electron chi connectivity index (χ4n) is 3.19. The lowest BCUT2D eigenvalue weighted by molar-refractivity contribution is -0.154. The molecule has 4 rings (SSSR count). The summed E-state index contributed by atoms with van der Waals surface area (Å²) in [4.78, 5) is 31.4. The molecule has 0 radical (unpaired) electrons. The molecule has 1 N–H and O–H groups in total. The van der Waals surface area contributed by atoms with Gasteiger partial charge in [0.15, 0.2) is 5.92 Å². The zero-order valence-corrected chi connectivity index (χ0v) is 18.5. The number of anilines is 1. The van der Waals surface area contributed by atoms with Crippen molar-refractivity contribution in [1.29, 1.82) is 0 Å². The molecule has 0 saturated carbocycles. The van der Waals surface area contributed by atoms with Gasteiger partial charge in [0, 0.05) is 16.8 Å². The molecule has 1 amide bonds. The van der Waals surface area contributed by atoms with Crippen LogP contribution >= 0.6 is 11.6 Å². The van der Waals surface area contributed by atoms with Gasteiger partial charge >= 0.3 is 5.97 Å². The molecule has 0 aliphatic carbocycles. The second-order valence-electron chi connectivity index (χ2n) is 7.11. The number of hydrogen-bond donors (Lipinski definition) is 1. The third kappa shape index (κ3) is 5.50. The number of aliphatic imine (C=N–C) groups is 1. The summed E-state index contributed by atoms with van der Waals surface area (Å²) in [7, 11) is 0. The van der Waals surface area contributed by atoms with Gasteiger partial charge in [-0.1, -0.05) is 23.7 Å². The third-order valence-corrected chi connectivity index (χ3v) is 5.07. The first kappa shape index (κ1) is 22.3. The van der Waals surface area contributed by atoms with Gasteiger partial charge in [-0.25, -0.2) is 0 Å². The van der Waals surface area contributed by atoms with E-state index in [4.69, 9.17) is 25.6 Å². The molecule has 0 saturated heterocycles. The van der Waals surface area contributed by atoms with E-state index in [1.807, 2.05) is 12.1 Å². The van der Waals surface area contributed by atoms with E-state index in [2.05, 4.69) is 15.5 Å². The second kappa shape index (κ2) is 10.2. The SMILES string of the molecule is CCOC(=O)C1CN=C(Nc2ccc(Oc3ccon3)cc2)N(Cc2ccc(Cl)cc2)C1=O. The van der Waals surface area contributed by atoms with Crippen LogP contribution in [0, 0.1) is 5.92 Å². The fourth-order valence-corrected chi connectivity index (χ4v) is 3.32. The summed E-state index contributed by atoms with van der Waals surface area (Å²) in [6, 6.07) is 15.8. The molecule has 2 heterocycles. The fraction of sp³-hybridized carbons (Fsp3) is 0.217. The minimum atomic E-state index is -0.985. The molecular weight excluding hydrogens is 448 g/mol. The number of ether oxygens (including phenoxy) is 2. The van der Waals surface area contributed by atoms with E-state index in [1.165, 1.54) is 11.2 Å². The standard InChI is InChI=1S/C23H21ClN4O5/c1-2-31-22(30)19-13-25-23(28(21(19)29)14-15-3-5-16(24)6-4-15)26-17-7-9-18(10-8-17)33-20-11-12-32-27-20/h3-12,19H,2,13-14H2,1H3,(H,25,26). The van der Waals surface area contributed by atoms with Crippen LogP contribution < -0.4 is 10.1 Å². The monoisotopic (exact) mass is 468 g/mol. The summed E-state index contributed by atoms with van der Waals surface area (Å²) < 4.78 is 15.4. The normalized spacial score (nSPS) is 15.7. The molecule has 0 fully saturated rings. The molecule has 0 spiro atoms. The van der Waals surface area contributed by atoms with Crippen molar-refractivity contribution in [2.24, 2.45) is 10.9 Å². The number of guanidine groups is 1. The number of aromatic nitrogens is 1. The Morgan fingerprint density at radius 3 is 2.61 bits per heavy atom. The largest absolute Gasteiger partial charge is 0.465 e. The van der Waals surface area contributed by atoms with Crippen molar-refractivity contribution in [3.05, 3.63) is 71.4 Å². The Morgan fingerprint density at radius 1 is 1.18 bits per heavy atom. The maximum Gasteiger partial charge on any atom is 0.320 e. The molecule has 9 nitrogen and oxygen atoms in total. The van der Waals surface area contributed by atoms with Crippen LogP contribution in [0.25, 0.3) is 0 Å². The van der Waals surface area contributed by atoms with E-state index in [9.17, 15) is 9.59 Å². The van der Waals surface area contributed by atoms with Crippen molar-refractivity contribution in [2.45, 2.75) is 13.5 Å². The highest BCUT2D eigenvalue weighted by atomic mass is 35.5. The zero-order chi connectivity index (χ0) is 23.2. The Hall–Kier alpha value is -3.85. The molecule has 1 atom stereocenters. The summed E-state index contributed by atoms with van der Waals surface area (Å²) in [5, 5.41) is 7.45. The van der Waals surface area contributed by atoms with Gasteiger partial charge in [-0.15, -0.1) is 0 Å². The van der Waals surface area contributed by atoms with Gasteiger partial charge in [0.05, 0.1) is 19.7 Å². The maximum atomic E-state index is 13.2. The number of benzene rings is 2. The van der Waals surface area contributed by atoms with Crippen molar-refractivity contribution >= 4 is 35.1 Å². The number of carbonyl (C=O) groups is 2. The molecule has 0 bridgehead atoms. The second-order valence-corrected chi connectivity index (χ2v) is 7.55. The van der Waals surface area contributed by atoms with Crippen LogP contribution in [0.3, 0.4) is 0 Å². The number of carbonyl (C=O) groups excluding carboxylic acids is 2. The van der Waals surface area contributed by atoms with Crippen LogP contribution in [-0.2, 0) is 20.9 Å². The lowest BCUT2D eigenvalue weighted by Gasteiger charge is -2.31. The molecule has 3 aromatic rings. The summed E-state index contributed by atoms with van der Waals surface area (Å²) in [6.07, 6.45) is 1.42. The molecule has 1 aromatic heterocycles. The zero-order valence-electron chi connectivity index (χ0n) is 17.7. The summed E-state index contributed by atoms with van der Waals surface area (Å²) in [6.45, 7) is 2.11. The molecule has 170 valence electrons. The topological polar surface area (TPSA) is 106 Å². The first-order valence-electron chi connectivity index (χ1n) is 10.3. The van der Waals surface area contributed by atoms with Crippen LogP contribution in [0.5, 0.6) is 11.6 Å². The number of hydrogen-bond acceptors (Lipinski definition) is 8. The molecule has 1 aliphatic rings. The maximum absolute atomic E-state index is 13.2. The minimum absolute atomic E-state index is 0.00444. The molecule has 10 heteroatoms. The van der Waals surface area contributed by atoms with E-state index in [-0.39, 0.29) is 25.6 Å². The highest BCUT2D eigenvalue weighted by Crippen LogP contribution is 2.23. The molecule has 1 unspecified atom stereocenters. The van der Waals surface area contributed by atoms with E-state index < -0.39 is 11.9 Å². The van der Waals surface area contributed by atoms with Gasteiger partial charge in [0.25, 0.3) is 5.88 Å². The Kier molecular flexibility index (Phi) is 6.89. The Morgan fingerprint density at radius 2 is 1.94 bits per heavy atom. The van der Waals surface area contributed by atoms with Crippen molar-refractivity contribution < 1.29 is 23.6 Å². The number of nitrogens with one attached hydrogen (secondary N) is 1. The van der Waals surface area contributed by atoms with Crippen LogP contribution in [-0.4, -0.2) is 41.0 Å². The Balaban J connectivity index is 1.53. The van der Waals surface area contributed by atoms with E-state index in [0.717, 1.165) is 5.56 Å². The lowest BCUT2D eigenvalue weighted by atomic mass is 10.1. The van der Waals surface area contributed by atoms with Gasteiger partial charge in [-0.2, -0.15) is 0 Å². The van der Waals surface area contributed by atoms with Gasteiger partial charge < -0.3 is 19.3 Å². The average Bonchev–Trinajstić information content (AvgIpc) is 3.32. The van der Waals surface area contributed by atoms with Crippen molar-refractivity contribution in [1.82, 2.24) is 10.1 Å². The van der Waals surface area contributed by atoms with Crippen LogP contribution in [0.2, 0.25) is 5.02 Å². The van der Waals surface area contributed by atoms with Gasteiger partial charge in [-0.05, 0) is 54.0 Å². The lowest BCUT2D eigenvalue weighted by Crippen LogP contribution is -2.50. The van der Waals surface area contributed by atoms with Crippen LogP contribution in [0.1, 0.15) is 12.5 Å². The highest BCUT2D eigenvalue weighted by Gasteiger charge is 2.37. The summed E-state index contributed by atoms with van der Waals surface area (Å²) in [5.41, 5.74) is 1.52. The number of halogens is 1. The number of esters is 1. The third-order valence-electron chi connectivity index (χ3n) is 4.82. The van der Waals surface area contributed by atoms with Gasteiger partial charge in [-0.3, -0.25) is 19.5 Å². The quantitative estimate of drug-likeness (QED) is 0.410. The number of rotatable bonds is 7. The first-order chi connectivity index (χ1) is 16.0. The molecule has 2 aromatic carbocycles. The summed E-state index contributed by atoms with van der Waals surface area (Å²) >= 11 is 5.98. The van der Waals surface area contributed by atoms with E-state index in [0.29, 0.717) is 28.3 Å². The Labute approximate surface area is 194 Å². The smallest absolute Gasteiger partial charge is 0.320 e. The van der Waals surface area contributed by atoms with Crippen molar-refractivity contribution in [2.75, 3.05) is 18.5 Å². The summed E-state index contributed by atoms with van der Waals surface area (Å²) in [5.74, 6) is -0.706. The first-order valence-corrected chi connectivity index (χ1v) is 10.6. The van der Waals surface area contributed by atoms with E-state index >= 15 is 0 Å². The van der Waals surface area contributed by atoms with Crippen LogP contribution in [0.15, 0.2) is 70.4 Å². The van der Waals surface area contributed by atoms with Crippen molar-refractivity contribution in [3.63, 3.8) is 0 Å². The average molecular weight is 469 g/mol. The van der Waals surface area contributed by atoms with E-state index in [1.54, 1.807) is 49.4 Å². The Bertz CT molecular complexity index is 1130. The number of nitrogens with zero attached hydrogens (tertiary/aromatic N) is 3. The minimum Gasteiger partial charge on any atom is -0.465 e. The van der Waals surface area contributed by atoms with Crippen LogP contribution in [0.4, 0.5) is 5.69 Å². The molecular formula is C23H21ClN4O5. The van der Waals surface area contributed by atoms with Gasteiger partial charge in [0.2, 0.25) is 11.9 Å². The predicted octanol–water partition coefficient (Wildman–Crippen LogP) is 4.11. The number of amides is 1. The molecule has 1 aliphatic heterocycles. The van der Waals surface area contributed by atoms with Gasteiger partial charge in [0.1, 0.15) is 12.0 Å². The highest BCUT2D eigenvalue weighted by molar-refractivity contribution is 6.30. The predicted molar refractivity (Wildman–Crippen MR) is 121 cm³/mol.